The first kappa shape index (κ1) is 13.2. The van der Waals surface area contributed by atoms with Crippen molar-refractivity contribution in [3.8, 4) is 5.75 Å². The van der Waals surface area contributed by atoms with Gasteiger partial charge in [0.05, 0.1) is 18.2 Å². The van der Waals surface area contributed by atoms with Gasteiger partial charge >= 0.3 is 5.97 Å². The van der Waals surface area contributed by atoms with Crippen LogP contribution in [0.1, 0.15) is 15.9 Å². The zero-order chi connectivity index (χ0) is 14.8. The molecule has 1 N–H and O–H groups in total. The second kappa shape index (κ2) is 5.32. The molecule has 0 aliphatic carbocycles. The van der Waals surface area contributed by atoms with Gasteiger partial charge in [-0.2, -0.15) is 0 Å². The number of hydrogen-bond acceptors (Lipinski definition) is 2. The summed E-state index contributed by atoms with van der Waals surface area (Å²) in [6.45, 7) is 0.513. The Morgan fingerprint density at radius 2 is 1.95 bits per heavy atom. The molecular weight excluding hydrogens is 266 g/mol. The lowest BCUT2D eigenvalue weighted by Crippen LogP contribution is -2.06. The van der Waals surface area contributed by atoms with Crippen molar-refractivity contribution in [2.75, 3.05) is 7.11 Å². The van der Waals surface area contributed by atoms with Crippen molar-refractivity contribution >= 4 is 16.9 Å². The van der Waals surface area contributed by atoms with Crippen LogP contribution in [0.4, 0.5) is 0 Å². The number of hydrogen-bond donors (Lipinski definition) is 1. The topological polar surface area (TPSA) is 51.5 Å². The maximum atomic E-state index is 11.3. The van der Waals surface area contributed by atoms with E-state index in [1.54, 1.807) is 19.2 Å². The van der Waals surface area contributed by atoms with Gasteiger partial charge in [-0.25, -0.2) is 4.79 Å². The number of rotatable bonds is 4. The van der Waals surface area contributed by atoms with Crippen molar-refractivity contribution in [3.63, 3.8) is 0 Å². The Labute approximate surface area is 122 Å². The van der Waals surface area contributed by atoms with Crippen molar-refractivity contribution in [2.24, 2.45) is 0 Å². The van der Waals surface area contributed by atoms with E-state index in [2.05, 4.69) is 0 Å². The quantitative estimate of drug-likeness (QED) is 0.797. The van der Waals surface area contributed by atoms with Crippen LogP contribution < -0.4 is 4.74 Å². The number of benzene rings is 2. The highest BCUT2D eigenvalue weighted by atomic mass is 16.5. The molecule has 2 aromatic carbocycles. The van der Waals surface area contributed by atoms with E-state index in [1.165, 1.54) is 0 Å². The molecule has 0 unspecified atom stereocenters. The molecule has 0 atom stereocenters. The Balaban J connectivity index is 2.05. The third-order valence-electron chi connectivity index (χ3n) is 3.58. The highest BCUT2D eigenvalue weighted by Crippen LogP contribution is 2.27. The molecule has 0 saturated carbocycles. The van der Waals surface area contributed by atoms with Crippen LogP contribution in [0.15, 0.2) is 54.7 Å². The summed E-state index contributed by atoms with van der Waals surface area (Å²) < 4.78 is 7.37. The van der Waals surface area contributed by atoms with E-state index in [-0.39, 0.29) is 0 Å². The van der Waals surface area contributed by atoms with E-state index >= 15 is 0 Å². The number of carboxylic acid groups (broad SMARTS) is 1. The average molecular weight is 281 g/mol. The lowest BCUT2D eigenvalue weighted by molar-refractivity contribution is 0.0695. The number of aromatic nitrogens is 1. The Morgan fingerprint density at radius 1 is 1.14 bits per heavy atom. The number of aromatic carboxylic acids is 1. The highest BCUT2D eigenvalue weighted by molar-refractivity contribution is 5.90. The second-order valence-electron chi connectivity index (χ2n) is 4.80. The molecule has 0 bridgehead atoms. The minimum absolute atomic E-state index is 0.335. The molecule has 0 radical (unpaired) electrons. The highest BCUT2D eigenvalue weighted by Gasteiger charge is 2.11. The van der Waals surface area contributed by atoms with Crippen LogP contribution in [0, 0.1) is 0 Å². The molecule has 0 spiro atoms. The third-order valence-corrected chi connectivity index (χ3v) is 3.58. The van der Waals surface area contributed by atoms with E-state index < -0.39 is 5.97 Å². The number of ether oxygens (including phenoxy) is 1. The standard InChI is InChI=1S/C17H15NO3/c1-21-16-8-4-7-15-14(16)9-10-18(15)11-12-5-2-3-6-13(12)17(19)20/h2-10H,11H2,1H3,(H,19,20). The van der Waals surface area contributed by atoms with Gasteiger partial charge in [0.1, 0.15) is 5.75 Å². The molecule has 106 valence electrons. The van der Waals surface area contributed by atoms with Crippen LogP contribution in [0.2, 0.25) is 0 Å². The molecule has 4 heteroatoms. The Kier molecular flexibility index (Phi) is 3.36. The van der Waals surface area contributed by atoms with E-state index in [0.29, 0.717) is 12.1 Å². The third kappa shape index (κ3) is 2.36. The van der Waals surface area contributed by atoms with Crippen molar-refractivity contribution < 1.29 is 14.6 Å². The van der Waals surface area contributed by atoms with Crippen LogP contribution in [-0.2, 0) is 6.54 Å². The van der Waals surface area contributed by atoms with Crippen molar-refractivity contribution in [1.82, 2.24) is 4.57 Å². The summed E-state index contributed by atoms with van der Waals surface area (Å²) in [4.78, 5) is 11.3. The minimum atomic E-state index is -0.903. The summed E-state index contributed by atoms with van der Waals surface area (Å²) in [6, 6.07) is 14.9. The summed E-state index contributed by atoms with van der Waals surface area (Å²) in [6.07, 6.45) is 1.95. The summed E-state index contributed by atoms with van der Waals surface area (Å²) in [5, 5.41) is 10.3. The summed E-state index contributed by atoms with van der Waals surface area (Å²) >= 11 is 0. The molecule has 3 aromatic rings. The van der Waals surface area contributed by atoms with Gasteiger partial charge < -0.3 is 14.4 Å². The first-order valence-corrected chi connectivity index (χ1v) is 6.64. The molecule has 0 fully saturated rings. The van der Waals surface area contributed by atoms with Gasteiger partial charge in [-0.3, -0.25) is 0 Å². The number of methoxy groups -OCH3 is 1. The largest absolute Gasteiger partial charge is 0.496 e. The Bertz CT molecular complexity index is 805. The molecule has 1 aromatic heterocycles. The Hall–Kier alpha value is -2.75. The van der Waals surface area contributed by atoms with E-state index in [1.807, 2.05) is 47.2 Å². The Morgan fingerprint density at radius 3 is 2.71 bits per heavy atom. The molecule has 21 heavy (non-hydrogen) atoms. The zero-order valence-electron chi connectivity index (χ0n) is 11.6. The molecule has 0 saturated heterocycles. The molecule has 1 heterocycles. The average Bonchev–Trinajstić information content (AvgIpc) is 2.91. The van der Waals surface area contributed by atoms with Crippen molar-refractivity contribution in [2.45, 2.75) is 6.54 Å². The predicted octanol–water partition coefficient (Wildman–Crippen LogP) is 3.40. The van der Waals surface area contributed by atoms with Crippen LogP contribution >= 0.6 is 0 Å². The van der Waals surface area contributed by atoms with E-state index in [0.717, 1.165) is 22.2 Å². The van der Waals surface area contributed by atoms with Crippen molar-refractivity contribution in [3.05, 3.63) is 65.9 Å². The molecule has 3 rings (SSSR count). The maximum Gasteiger partial charge on any atom is 0.336 e. The number of carboxylic acids is 1. The summed E-state index contributed by atoms with van der Waals surface area (Å²) in [5.41, 5.74) is 2.14. The summed E-state index contributed by atoms with van der Waals surface area (Å²) in [7, 11) is 1.64. The lowest BCUT2D eigenvalue weighted by atomic mass is 10.1. The van der Waals surface area contributed by atoms with Gasteiger partial charge in [-0.1, -0.05) is 24.3 Å². The molecule has 0 aliphatic heterocycles. The SMILES string of the molecule is COc1cccc2c1ccn2Cc1ccccc1C(=O)O. The fourth-order valence-electron chi connectivity index (χ4n) is 2.56. The zero-order valence-corrected chi connectivity index (χ0v) is 11.6. The first-order chi connectivity index (χ1) is 10.2. The summed E-state index contributed by atoms with van der Waals surface area (Å²) in [5.74, 6) is -0.0857. The van der Waals surface area contributed by atoms with Crippen LogP contribution in [-0.4, -0.2) is 22.8 Å². The monoisotopic (exact) mass is 281 g/mol. The van der Waals surface area contributed by atoms with Gasteiger partial charge in [0.2, 0.25) is 0 Å². The van der Waals surface area contributed by atoms with Crippen molar-refractivity contribution in [1.29, 1.82) is 0 Å². The van der Waals surface area contributed by atoms with Crippen LogP contribution in [0.3, 0.4) is 0 Å². The number of carbonyl (C=O) groups is 1. The van der Waals surface area contributed by atoms with Gasteiger partial charge in [0, 0.05) is 18.1 Å². The lowest BCUT2D eigenvalue weighted by Gasteiger charge is -2.09. The second-order valence-corrected chi connectivity index (χ2v) is 4.80. The fraction of sp³-hybridized carbons (Fsp3) is 0.118. The molecule has 0 aliphatic rings. The molecule has 4 nitrogen and oxygen atoms in total. The predicted molar refractivity (Wildman–Crippen MR) is 81.0 cm³/mol. The number of fused-ring (bicyclic) bond motifs is 1. The van der Waals surface area contributed by atoms with E-state index in [9.17, 15) is 9.90 Å². The molecular formula is C17H15NO3. The van der Waals surface area contributed by atoms with Gasteiger partial charge in [0.25, 0.3) is 0 Å². The van der Waals surface area contributed by atoms with Gasteiger partial charge in [0.15, 0.2) is 0 Å². The number of nitrogens with zero attached hydrogens (tertiary/aromatic N) is 1. The van der Waals surface area contributed by atoms with E-state index in [4.69, 9.17) is 4.74 Å². The van der Waals surface area contributed by atoms with Gasteiger partial charge in [-0.05, 0) is 29.8 Å². The fourth-order valence-corrected chi connectivity index (χ4v) is 2.56. The molecule has 0 amide bonds. The van der Waals surface area contributed by atoms with Crippen LogP contribution in [0.5, 0.6) is 5.75 Å². The first-order valence-electron chi connectivity index (χ1n) is 6.64. The van der Waals surface area contributed by atoms with Crippen LogP contribution in [0.25, 0.3) is 10.9 Å². The minimum Gasteiger partial charge on any atom is -0.496 e. The smallest absolute Gasteiger partial charge is 0.336 e. The van der Waals surface area contributed by atoms with Gasteiger partial charge in [-0.15, -0.1) is 0 Å². The maximum absolute atomic E-state index is 11.3. The normalized spacial score (nSPS) is 10.7.